The van der Waals surface area contributed by atoms with E-state index in [0.717, 1.165) is 42.6 Å². The van der Waals surface area contributed by atoms with Gasteiger partial charge in [0.05, 0.1) is 12.3 Å². The van der Waals surface area contributed by atoms with Gasteiger partial charge in [0.1, 0.15) is 5.75 Å². The van der Waals surface area contributed by atoms with E-state index in [1.807, 2.05) is 25.1 Å². The number of rotatable bonds is 8. The van der Waals surface area contributed by atoms with Gasteiger partial charge in [-0.25, -0.2) is 0 Å². The van der Waals surface area contributed by atoms with Crippen LogP contribution >= 0.6 is 0 Å². The number of aliphatic hydroxyl groups excluding tert-OH is 1. The molecule has 0 heterocycles. The lowest BCUT2D eigenvalue weighted by Crippen LogP contribution is -2.04. The van der Waals surface area contributed by atoms with E-state index in [1.165, 1.54) is 0 Å². The highest BCUT2D eigenvalue weighted by molar-refractivity contribution is 6.00. The zero-order valence-electron chi connectivity index (χ0n) is 11.7. The summed E-state index contributed by atoms with van der Waals surface area (Å²) < 4.78 is 5.77. The first kappa shape index (κ1) is 15.5. The number of ether oxygens (including phenoxy) is 1. The number of aliphatic hydroxyl groups is 1. The first-order valence-corrected chi connectivity index (χ1v) is 6.72. The Bertz CT molecular complexity index is 416. The summed E-state index contributed by atoms with van der Waals surface area (Å²) >= 11 is 0. The molecule has 106 valence electrons. The fourth-order valence-electron chi connectivity index (χ4n) is 1.85. The monoisotopic (exact) mass is 265 g/mol. The highest BCUT2D eigenvalue weighted by Gasteiger charge is 2.07. The summed E-state index contributed by atoms with van der Waals surface area (Å²) in [7, 11) is 0. The molecule has 2 N–H and O–H groups in total. The Morgan fingerprint density at radius 2 is 1.95 bits per heavy atom. The quantitative estimate of drug-likeness (QED) is 0.328. The molecule has 0 saturated carbocycles. The highest BCUT2D eigenvalue weighted by atomic mass is 16.5. The van der Waals surface area contributed by atoms with Gasteiger partial charge in [0.25, 0.3) is 0 Å². The van der Waals surface area contributed by atoms with Gasteiger partial charge >= 0.3 is 0 Å². The first-order chi connectivity index (χ1) is 9.19. The minimum absolute atomic E-state index is 0.259. The SMILES string of the molecule is C/C(=N/O)c1ccc(C)cc1OCCCCCCO. The topological polar surface area (TPSA) is 62.1 Å². The maximum absolute atomic E-state index is 8.86. The van der Waals surface area contributed by atoms with Gasteiger partial charge in [-0.05, 0) is 50.8 Å². The van der Waals surface area contributed by atoms with Crippen LogP contribution in [0.5, 0.6) is 5.75 Å². The maximum atomic E-state index is 8.86. The molecule has 0 aliphatic heterocycles. The fourth-order valence-corrected chi connectivity index (χ4v) is 1.85. The van der Waals surface area contributed by atoms with Crippen molar-refractivity contribution >= 4 is 5.71 Å². The predicted molar refractivity (Wildman–Crippen MR) is 76.2 cm³/mol. The Morgan fingerprint density at radius 3 is 2.63 bits per heavy atom. The number of nitrogens with zero attached hydrogens (tertiary/aromatic N) is 1. The molecule has 19 heavy (non-hydrogen) atoms. The van der Waals surface area contributed by atoms with Gasteiger partial charge in [0.15, 0.2) is 0 Å². The summed E-state index contributed by atoms with van der Waals surface area (Å²) in [5.41, 5.74) is 2.49. The number of unbranched alkanes of at least 4 members (excludes halogenated alkanes) is 3. The maximum Gasteiger partial charge on any atom is 0.128 e. The lowest BCUT2D eigenvalue weighted by molar-refractivity contribution is 0.273. The Morgan fingerprint density at radius 1 is 1.21 bits per heavy atom. The molecule has 0 spiro atoms. The molecule has 1 aromatic rings. The van der Waals surface area contributed by atoms with Crippen LogP contribution in [0, 0.1) is 6.92 Å². The molecule has 4 heteroatoms. The number of aryl methyl sites for hydroxylation is 1. The molecule has 0 saturated heterocycles. The second-order valence-corrected chi connectivity index (χ2v) is 4.67. The molecular formula is C15H23NO3. The predicted octanol–water partition coefficient (Wildman–Crippen LogP) is 3.12. The van der Waals surface area contributed by atoms with E-state index in [4.69, 9.17) is 15.1 Å². The van der Waals surface area contributed by atoms with Crippen molar-refractivity contribution in [3.8, 4) is 5.75 Å². The largest absolute Gasteiger partial charge is 0.493 e. The second kappa shape index (κ2) is 8.53. The zero-order chi connectivity index (χ0) is 14.1. The van der Waals surface area contributed by atoms with Crippen LogP contribution in [0.3, 0.4) is 0 Å². The number of benzene rings is 1. The van der Waals surface area contributed by atoms with E-state index >= 15 is 0 Å². The number of hydrogen-bond donors (Lipinski definition) is 2. The molecule has 0 aliphatic carbocycles. The van der Waals surface area contributed by atoms with Crippen LogP contribution in [0.1, 0.15) is 43.7 Å². The van der Waals surface area contributed by atoms with Crippen LogP contribution in [-0.4, -0.2) is 29.2 Å². The normalized spacial score (nSPS) is 11.6. The summed E-state index contributed by atoms with van der Waals surface area (Å²) in [6.45, 7) is 4.65. The standard InChI is InChI=1S/C15H23NO3/c1-12-7-8-14(13(2)16-18)15(11-12)19-10-6-4-3-5-9-17/h7-8,11,17-18H,3-6,9-10H2,1-2H3/b16-13-. The van der Waals surface area contributed by atoms with Crippen molar-refractivity contribution in [2.75, 3.05) is 13.2 Å². The minimum atomic E-state index is 0.259. The van der Waals surface area contributed by atoms with E-state index in [2.05, 4.69) is 5.16 Å². The van der Waals surface area contributed by atoms with Crippen molar-refractivity contribution < 1.29 is 15.1 Å². The molecule has 0 aliphatic rings. The van der Waals surface area contributed by atoms with E-state index in [9.17, 15) is 0 Å². The first-order valence-electron chi connectivity index (χ1n) is 6.72. The average Bonchev–Trinajstić information content (AvgIpc) is 2.42. The summed E-state index contributed by atoms with van der Waals surface area (Å²) in [6, 6.07) is 5.83. The summed E-state index contributed by atoms with van der Waals surface area (Å²) in [4.78, 5) is 0. The van der Waals surface area contributed by atoms with Crippen molar-refractivity contribution in [2.45, 2.75) is 39.5 Å². The highest BCUT2D eigenvalue weighted by Crippen LogP contribution is 2.21. The molecular weight excluding hydrogens is 242 g/mol. The minimum Gasteiger partial charge on any atom is -0.493 e. The number of oxime groups is 1. The Labute approximate surface area is 114 Å². The summed E-state index contributed by atoms with van der Waals surface area (Å²) in [6.07, 6.45) is 3.89. The van der Waals surface area contributed by atoms with Gasteiger partial charge < -0.3 is 15.1 Å². The molecule has 4 nitrogen and oxygen atoms in total. The van der Waals surface area contributed by atoms with Gasteiger partial charge in [-0.1, -0.05) is 17.6 Å². The lowest BCUT2D eigenvalue weighted by Gasteiger charge is -2.11. The average molecular weight is 265 g/mol. The Kier molecular flexibility index (Phi) is 6.97. The molecule has 0 bridgehead atoms. The van der Waals surface area contributed by atoms with E-state index in [-0.39, 0.29) is 6.61 Å². The number of hydrogen-bond acceptors (Lipinski definition) is 4. The van der Waals surface area contributed by atoms with Gasteiger partial charge in [-0.2, -0.15) is 0 Å². The molecule has 0 atom stereocenters. The summed E-state index contributed by atoms with van der Waals surface area (Å²) in [5, 5.41) is 20.8. The van der Waals surface area contributed by atoms with Gasteiger partial charge in [-0.3, -0.25) is 0 Å². The third-order valence-electron chi connectivity index (χ3n) is 2.99. The van der Waals surface area contributed by atoms with Gasteiger partial charge in [0.2, 0.25) is 0 Å². The van der Waals surface area contributed by atoms with Crippen LogP contribution in [0.2, 0.25) is 0 Å². The third-order valence-corrected chi connectivity index (χ3v) is 2.99. The fraction of sp³-hybridized carbons (Fsp3) is 0.533. The summed E-state index contributed by atoms with van der Waals surface area (Å²) in [5.74, 6) is 0.762. The molecule has 0 aromatic heterocycles. The van der Waals surface area contributed by atoms with Crippen molar-refractivity contribution in [1.82, 2.24) is 0 Å². The van der Waals surface area contributed by atoms with Crippen LogP contribution < -0.4 is 4.74 Å². The Hall–Kier alpha value is -1.55. The lowest BCUT2D eigenvalue weighted by atomic mass is 10.1. The van der Waals surface area contributed by atoms with Crippen molar-refractivity contribution in [2.24, 2.45) is 5.16 Å². The van der Waals surface area contributed by atoms with Gasteiger partial charge in [0, 0.05) is 12.2 Å². The molecule has 0 unspecified atom stereocenters. The van der Waals surface area contributed by atoms with Crippen molar-refractivity contribution in [3.05, 3.63) is 29.3 Å². The van der Waals surface area contributed by atoms with Crippen LogP contribution in [0.25, 0.3) is 0 Å². The van der Waals surface area contributed by atoms with Gasteiger partial charge in [-0.15, -0.1) is 0 Å². The van der Waals surface area contributed by atoms with Crippen LogP contribution in [-0.2, 0) is 0 Å². The van der Waals surface area contributed by atoms with E-state index < -0.39 is 0 Å². The van der Waals surface area contributed by atoms with Crippen molar-refractivity contribution in [3.63, 3.8) is 0 Å². The van der Waals surface area contributed by atoms with Crippen LogP contribution in [0.15, 0.2) is 23.4 Å². The van der Waals surface area contributed by atoms with Crippen LogP contribution in [0.4, 0.5) is 0 Å². The molecule has 0 amide bonds. The van der Waals surface area contributed by atoms with E-state index in [0.29, 0.717) is 12.3 Å². The van der Waals surface area contributed by atoms with Crippen molar-refractivity contribution in [1.29, 1.82) is 0 Å². The zero-order valence-corrected chi connectivity index (χ0v) is 11.7. The molecule has 0 fully saturated rings. The smallest absolute Gasteiger partial charge is 0.128 e. The van der Waals surface area contributed by atoms with E-state index in [1.54, 1.807) is 6.92 Å². The molecule has 1 aromatic carbocycles. The molecule has 1 rings (SSSR count). The second-order valence-electron chi connectivity index (χ2n) is 4.67. The third kappa shape index (κ3) is 5.30. The molecule has 0 radical (unpaired) electrons. The Balaban J connectivity index is 2.54.